The monoisotopic (exact) mass is 643 g/mol. The predicted octanol–water partition coefficient (Wildman–Crippen LogP) is 10.7. The van der Waals surface area contributed by atoms with Crippen LogP contribution < -0.4 is 5.32 Å². The summed E-state index contributed by atoms with van der Waals surface area (Å²) in [6.45, 7) is 0. The van der Waals surface area contributed by atoms with Gasteiger partial charge in [0.15, 0.2) is 23.1 Å². The van der Waals surface area contributed by atoms with E-state index in [1.807, 2.05) is 60.7 Å². The normalized spacial score (nSPS) is 13.6. The molecule has 1 aliphatic rings. The Bertz CT molecular complexity index is 2600. The summed E-state index contributed by atoms with van der Waals surface area (Å²) < 4.78 is 9.23. The van der Waals surface area contributed by atoms with Crippen molar-refractivity contribution in [2.75, 3.05) is 5.32 Å². The second-order valence-corrected chi connectivity index (χ2v) is 12.5. The van der Waals surface area contributed by atoms with E-state index in [1.54, 1.807) is 0 Å². The van der Waals surface area contributed by atoms with Gasteiger partial charge in [-0.25, -0.2) is 15.0 Å². The van der Waals surface area contributed by atoms with E-state index in [4.69, 9.17) is 19.4 Å². The highest BCUT2D eigenvalue weighted by molar-refractivity contribution is 6.10. The zero-order chi connectivity index (χ0) is 33.0. The first kappa shape index (κ1) is 28.2. The molecule has 0 bridgehead atoms. The smallest absolute Gasteiger partial charge is 0.164 e. The van der Waals surface area contributed by atoms with Crippen molar-refractivity contribution in [3.05, 3.63) is 175 Å². The number of fused-ring (bicyclic) bond motifs is 7. The van der Waals surface area contributed by atoms with E-state index in [9.17, 15) is 0 Å². The van der Waals surface area contributed by atoms with Crippen molar-refractivity contribution >= 4 is 27.7 Å². The Labute approximate surface area is 288 Å². The number of para-hydroxylation sites is 2. The molecule has 3 aromatic heterocycles. The average molecular weight is 644 g/mol. The number of hydrogen-bond acceptors (Lipinski definition) is 5. The van der Waals surface area contributed by atoms with Crippen molar-refractivity contribution in [3.8, 4) is 51.2 Å². The third kappa shape index (κ3) is 4.54. The molecular weight excluding hydrogens is 615 g/mol. The number of nitrogens with one attached hydrogen (secondary N) is 1. The highest BCUT2D eigenvalue weighted by atomic mass is 16.3. The van der Waals surface area contributed by atoms with Gasteiger partial charge in [0.2, 0.25) is 0 Å². The molecule has 6 aromatic carbocycles. The van der Waals surface area contributed by atoms with Crippen molar-refractivity contribution in [2.24, 2.45) is 0 Å². The number of aromatic nitrogens is 4. The van der Waals surface area contributed by atoms with Crippen LogP contribution in [0.5, 0.6) is 0 Å². The second kappa shape index (κ2) is 11.4. The lowest BCUT2D eigenvalue weighted by Crippen LogP contribution is -2.17. The van der Waals surface area contributed by atoms with Gasteiger partial charge in [-0.1, -0.05) is 115 Å². The van der Waals surface area contributed by atoms with Gasteiger partial charge < -0.3 is 14.3 Å². The minimum absolute atomic E-state index is 0.0947. The maximum absolute atomic E-state index is 6.90. The fourth-order valence-corrected chi connectivity index (χ4v) is 7.18. The van der Waals surface area contributed by atoms with Crippen molar-refractivity contribution in [2.45, 2.75) is 6.04 Å². The lowest BCUT2D eigenvalue weighted by Gasteiger charge is -2.27. The highest BCUT2D eigenvalue weighted by Gasteiger charge is 2.34. The van der Waals surface area contributed by atoms with Crippen molar-refractivity contribution in [1.29, 1.82) is 0 Å². The summed E-state index contributed by atoms with van der Waals surface area (Å²) in [4.78, 5) is 14.8. The summed E-state index contributed by atoms with van der Waals surface area (Å²) in [5.41, 5.74) is 11.3. The lowest BCUT2D eigenvalue weighted by molar-refractivity contribution is 0.626. The van der Waals surface area contributed by atoms with Crippen LogP contribution in [0.15, 0.2) is 168 Å². The number of nitrogens with zero attached hydrogens (tertiary/aromatic N) is 4. The molecule has 0 amide bonds. The molecule has 1 N–H and O–H groups in total. The first-order chi connectivity index (χ1) is 24.8. The third-order valence-corrected chi connectivity index (χ3v) is 9.51. The summed E-state index contributed by atoms with van der Waals surface area (Å²) in [5.74, 6) is 2.81. The topological polar surface area (TPSA) is 68.8 Å². The Morgan fingerprint density at radius 3 is 1.72 bits per heavy atom. The van der Waals surface area contributed by atoms with E-state index in [1.165, 1.54) is 5.56 Å². The van der Waals surface area contributed by atoms with Gasteiger partial charge in [0, 0.05) is 39.0 Å². The maximum Gasteiger partial charge on any atom is 0.164 e. The molecule has 6 nitrogen and oxygen atoms in total. The minimum atomic E-state index is -0.0947. The second-order valence-electron chi connectivity index (χ2n) is 12.5. The Morgan fingerprint density at radius 2 is 1.06 bits per heavy atom. The molecule has 6 heteroatoms. The van der Waals surface area contributed by atoms with E-state index < -0.39 is 0 Å². The van der Waals surface area contributed by atoms with Crippen LogP contribution in [0.2, 0.25) is 0 Å². The fraction of sp³-hybridized carbons (Fsp3) is 0.0227. The maximum atomic E-state index is 6.90. The molecule has 0 radical (unpaired) electrons. The van der Waals surface area contributed by atoms with Crippen LogP contribution in [0.25, 0.3) is 73.2 Å². The molecule has 0 spiro atoms. The summed E-state index contributed by atoms with van der Waals surface area (Å²) in [5, 5.41) is 4.92. The average Bonchev–Trinajstić information content (AvgIpc) is 3.74. The van der Waals surface area contributed by atoms with E-state index in [2.05, 4.69) is 113 Å². The van der Waals surface area contributed by atoms with Gasteiger partial charge in [0.05, 0.1) is 22.6 Å². The van der Waals surface area contributed by atoms with Crippen LogP contribution in [-0.4, -0.2) is 19.5 Å². The van der Waals surface area contributed by atoms with Crippen LogP contribution in [0.3, 0.4) is 0 Å². The number of hydrogen-bond donors (Lipinski definition) is 1. The molecule has 0 fully saturated rings. The first-order valence-corrected chi connectivity index (χ1v) is 16.7. The Hall–Kier alpha value is -6.79. The highest BCUT2D eigenvalue weighted by Crippen LogP contribution is 2.50. The minimum Gasteiger partial charge on any atom is -0.453 e. The van der Waals surface area contributed by atoms with Gasteiger partial charge >= 0.3 is 0 Å². The third-order valence-electron chi connectivity index (χ3n) is 9.51. The van der Waals surface area contributed by atoms with Gasteiger partial charge in [-0.2, -0.15) is 0 Å². The van der Waals surface area contributed by atoms with Crippen LogP contribution in [-0.2, 0) is 0 Å². The Morgan fingerprint density at radius 1 is 0.520 bits per heavy atom. The molecule has 236 valence electrons. The zero-order valence-corrected chi connectivity index (χ0v) is 26.9. The lowest BCUT2D eigenvalue weighted by atomic mass is 9.91. The zero-order valence-electron chi connectivity index (χ0n) is 26.9. The van der Waals surface area contributed by atoms with Crippen molar-refractivity contribution in [3.63, 3.8) is 0 Å². The quantitative estimate of drug-likeness (QED) is 0.202. The molecule has 1 atom stereocenters. The first-order valence-electron chi connectivity index (χ1n) is 16.7. The number of anilines is 1. The number of benzene rings is 6. The summed E-state index contributed by atoms with van der Waals surface area (Å²) >= 11 is 0. The molecule has 10 rings (SSSR count). The molecular formula is C44H29N5O. The molecule has 50 heavy (non-hydrogen) atoms. The van der Waals surface area contributed by atoms with Gasteiger partial charge in [-0.05, 0) is 54.1 Å². The fourth-order valence-electron chi connectivity index (χ4n) is 7.18. The molecule has 9 aromatic rings. The van der Waals surface area contributed by atoms with E-state index >= 15 is 0 Å². The van der Waals surface area contributed by atoms with Crippen LogP contribution >= 0.6 is 0 Å². The molecule has 0 saturated carbocycles. The SMILES string of the molecule is c1ccc(-c2nc(-c3ccccc3)nc(-c3ccc(-n4c5ccccc5c5oc6c(c54)C(c4ccccc4)Nc4ccccc4-6)cc3)n2)cc1. The van der Waals surface area contributed by atoms with Gasteiger partial charge in [0.25, 0.3) is 0 Å². The number of rotatable bonds is 5. The Balaban J connectivity index is 1.16. The standard InChI is InChI=1S/C44H29N5O/c1-4-14-28(15-5-1)38-37-39-41(50-40(37)33-20-10-12-22-35(33)45-38)34-21-11-13-23-36(34)49(39)32-26-24-31(25-27-32)44-47-42(29-16-6-2-7-17-29)46-43(48-44)30-18-8-3-9-19-30/h1-27,38,45H. The molecule has 4 heterocycles. The van der Waals surface area contributed by atoms with Gasteiger partial charge in [-0.15, -0.1) is 0 Å². The van der Waals surface area contributed by atoms with Crippen LogP contribution in [0, 0.1) is 0 Å². The van der Waals surface area contributed by atoms with E-state index in [0.29, 0.717) is 17.5 Å². The van der Waals surface area contributed by atoms with Gasteiger partial charge in [-0.3, -0.25) is 0 Å². The summed E-state index contributed by atoms with van der Waals surface area (Å²) in [6, 6.07) is 56.0. The van der Waals surface area contributed by atoms with Crippen LogP contribution in [0.4, 0.5) is 5.69 Å². The molecule has 0 saturated heterocycles. The van der Waals surface area contributed by atoms with Crippen molar-refractivity contribution < 1.29 is 4.42 Å². The Kier molecular flexibility index (Phi) is 6.45. The predicted molar refractivity (Wildman–Crippen MR) is 200 cm³/mol. The summed E-state index contributed by atoms with van der Waals surface area (Å²) in [7, 11) is 0. The van der Waals surface area contributed by atoms with Crippen LogP contribution in [0.1, 0.15) is 17.2 Å². The molecule has 0 aliphatic carbocycles. The largest absolute Gasteiger partial charge is 0.453 e. The van der Waals surface area contributed by atoms with Gasteiger partial charge in [0.1, 0.15) is 5.76 Å². The van der Waals surface area contributed by atoms with E-state index in [0.717, 1.165) is 67.0 Å². The molecule has 1 aliphatic heterocycles. The molecule has 1 unspecified atom stereocenters. The summed E-state index contributed by atoms with van der Waals surface area (Å²) in [6.07, 6.45) is 0. The number of furan rings is 1. The van der Waals surface area contributed by atoms with Crippen molar-refractivity contribution in [1.82, 2.24) is 19.5 Å². The van der Waals surface area contributed by atoms with E-state index in [-0.39, 0.29) is 6.04 Å².